The minimum atomic E-state index is -0.490. The molecule has 1 aromatic carbocycles. The van der Waals surface area contributed by atoms with Crippen molar-refractivity contribution >= 4 is 22.6 Å². The summed E-state index contributed by atoms with van der Waals surface area (Å²) >= 11 is 0. The predicted molar refractivity (Wildman–Crippen MR) is 80.2 cm³/mol. The molecule has 0 amide bonds. The number of hydrogen-bond acceptors (Lipinski definition) is 4. The minimum absolute atomic E-state index is 0.196. The van der Waals surface area contributed by atoms with Crippen LogP contribution in [0.3, 0.4) is 0 Å². The van der Waals surface area contributed by atoms with Crippen LogP contribution in [0.15, 0.2) is 24.4 Å². The summed E-state index contributed by atoms with van der Waals surface area (Å²) < 4.78 is 4.95. The lowest BCUT2D eigenvalue weighted by atomic mass is 10.2. The van der Waals surface area contributed by atoms with E-state index >= 15 is 0 Å². The van der Waals surface area contributed by atoms with E-state index in [1.807, 2.05) is 18.2 Å². The first-order valence-corrected chi connectivity index (χ1v) is 6.74. The van der Waals surface area contributed by atoms with Crippen LogP contribution < -0.4 is 0 Å². The molecule has 0 atom stereocenters. The molecule has 3 aromatic rings. The summed E-state index contributed by atoms with van der Waals surface area (Å²) in [5.74, 6) is -0.490. The van der Waals surface area contributed by atoms with Crippen LogP contribution in [0.4, 0.5) is 5.69 Å². The lowest BCUT2D eigenvalue weighted by molar-refractivity contribution is 0.0518. The summed E-state index contributed by atoms with van der Waals surface area (Å²) in [5, 5.41) is 9.23. The Kier molecular flexibility index (Phi) is 3.35. The third-order valence-corrected chi connectivity index (χ3v) is 3.25. The molecule has 0 fully saturated rings. The van der Waals surface area contributed by atoms with E-state index in [1.165, 1.54) is 4.80 Å². The standard InChI is InChI=1S/C15H13N5O2/c1-4-22-15(21)14-9(2)18-20(19-14)10-5-6-12-11(7-10)13(16-3)8-17-12/h5-8,17H,4H2,1-2H3. The van der Waals surface area contributed by atoms with Crippen molar-refractivity contribution in [1.29, 1.82) is 0 Å². The number of fused-ring (bicyclic) bond motifs is 1. The first kappa shape index (κ1) is 13.8. The molecule has 7 heteroatoms. The van der Waals surface area contributed by atoms with E-state index in [0.29, 0.717) is 17.1 Å². The number of carbonyl (C=O) groups is 1. The Morgan fingerprint density at radius 1 is 1.45 bits per heavy atom. The van der Waals surface area contributed by atoms with Gasteiger partial charge in [-0.25, -0.2) is 9.64 Å². The smallest absolute Gasteiger partial charge is 0.360 e. The van der Waals surface area contributed by atoms with E-state index in [9.17, 15) is 4.79 Å². The minimum Gasteiger partial charge on any atom is -0.461 e. The maximum absolute atomic E-state index is 11.8. The number of rotatable bonds is 3. The summed E-state index contributed by atoms with van der Waals surface area (Å²) in [5.41, 5.74) is 2.77. The summed E-state index contributed by atoms with van der Waals surface area (Å²) in [6.45, 7) is 10.9. The predicted octanol–water partition coefficient (Wildman–Crippen LogP) is 2.78. The number of nitrogens with zero attached hydrogens (tertiary/aromatic N) is 4. The van der Waals surface area contributed by atoms with Gasteiger partial charge in [0, 0.05) is 17.1 Å². The van der Waals surface area contributed by atoms with E-state index in [2.05, 4.69) is 20.0 Å². The van der Waals surface area contributed by atoms with Crippen molar-refractivity contribution in [2.75, 3.05) is 6.61 Å². The molecule has 0 saturated carbocycles. The highest BCUT2D eigenvalue weighted by Crippen LogP contribution is 2.27. The Labute approximate surface area is 126 Å². The fourth-order valence-electron chi connectivity index (χ4n) is 2.19. The number of ether oxygens (including phenoxy) is 1. The Morgan fingerprint density at radius 3 is 3.00 bits per heavy atom. The Balaban J connectivity index is 2.06. The van der Waals surface area contributed by atoms with Gasteiger partial charge in [0.05, 0.1) is 24.6 Å². The third kappa shape index (κ3) is 2.20. The molecular weight excluding hydrogens is 282 g/mol. The van der Waals surface area contributed by atoms with Gasteiger partial charge in [-0.1, -0.05) is 0 Å². The Bertz CT molecular complexity index is 900. The topological polar surface area (TPSA) is 77.2 Å². The van der Waals surface area contributed by atoms with Gasteiger partial charge in [0.25, 0.3) is 0 Å². The van der Waals surface area contributed by atoms with Crippen LogP contribution in [-0.2, 0) is 4.74 Å². The number of benzene rings is 1. The third-order valence-electron chi connectivity index (χ3n) is 3.25. The molecule has 3 rings (SSSR count). The molecule has 0 saturated heterocycles. The molecule has 2 aromatic heterocycles. The number of H-pyrrole nitrogens is 1. The van der Waals surface area contributed by atoms with Crippen molar-refractivity contribution < 1.29 is 9.53 Å². The molecule has 0 aliphatic carbocycles. The van der Waals surface area contributed by atoms with E-state index in [1.54, 1.807) is 20.0 Å². The highest BCUT2D eigenvalue weighted by molar-refractivity contribution is 5.94. The monoisotopic (exact) mass is 295 g/mol. The van der Waals surface area contributed by atoms with Gasteiger partial charge in [-0.15, -0.1) is 5.10 Å². The quantitative estimate of drug-likeness (QED) is 0.595. The van der Waals surface area contributed by atoms with Crippen molar-refractivity contribution in [3.05, 3.63) is 47.2 Å². The second-order valence-corrected chi connectivity index (χ2v) is 4.66. The maximum Gasteiger partial charge on any atom is 0.360 e. The Hall–Kier alpha value is -3.14. The zero-order valence-electron chi connectivity index (χ0n) is 12.1. The van der Waals surface area contributed by atoms with Gasteiger partial charge in [0.2, 0.25) is 5.69 Å². The number of carbonyl (C=O) groups excluding carboxylic acids is 1. The van der Waals surface area contributed by atoms with Crippen LogP contribution in [-0.4, -0.2) is 32.6 Å². The zero-order chi connectivity index (χ0) is 15.7. The molecule has 0 spiro atoms. The molecule has 0 bridgehead atoms. The first-order valence-electron chi connectivity index (χ1n) is 6.74. The second-order valence-electron chi connectivity index (χ2n) is 4.66. The zero-order valence-corrected chi connectivity index (χ0v) is 12.1. The van der Waals surface area contributed by atoms with Gasteiger partial charge in [0.1, 0.15) is 0 Å². The lowest BCUT2D eigenvalue weighted by Gasteiger charge is -2.00. The van der Waals surface area contributed by atoms with E-state index in [-0.39, 0.29) is 12.3 Å². The van der Waals surface area contributed by atoms with Crippen LogP contribution in [0.5, 0.6) is 0 Å². The lowest BCUT2D eigenvalue weighted by Crippen LogP contribution is -2.07. The fourth-order valence-corrected chi connectivity index (χ4v) is 2.19. The highest BCUT2D eigenvalue weighted by atomic mass is 16.5. The van der Waals surface area contributed by atoms with Crippen LogP contribution in [0.25, 0.3) is 21.4 Å². The van der Waals surface area contributed by atoms with Crippen LogP contribution in [0, 0.1) is 13.5 Å². The SMILES string of the molecule is [C-]#[N+]c1c[nH]c2ccc(-n3nc(C)c(C(=O)OCC)n3)cc12. The van der Waals surface area contributed by atoms with Crippen molar-refractivity contribution in [2.45, 2.75) is 13.8 Å². The van der Waals surface area contributed by atoms with Gasteiger partial charge in [-0.3, -0.25) is 0 Å². The molecule has 0 unspecified atom stereocenters. The first-order chi connectivity index (χ1) is 10.6. The van der Waals surface area contributed by atoms with Gasteiger partial charge < -0.3 is 9.72 Å². The van der Waals surface area contributed by atoms with E-state index in [0.717, 1.165) is 10.9 Å². The molecule has 0 aliphatic heterocycles. The number of aromatic nitrogens is 4. The molecular formula is C15H13N5O2. The fraction of sp³-hybridized carbons (Fsp3) is 0.200. The van der Waals surface area contributed by atoms with Crippen molar-refractivity contribution in [2.24, 2.45) is 0 Å². The Morgan fingerprint density at radius 2 is 2.27 bits per heavy atom. The molecule has 0 aliphatic rings. The van der Waals surface area contributed by atoms with Crippen molar-refractivity contribution in [3.8, 4) is 5.69 Å². The number of aromatic amines is 1. The normalized spacial score (nSPS) is 10.6. The van der Waals surface area contributed by atoms with Crippen LogP contribution in [0.2, 0.25) is 0 Å². The summed E-state index contributed by atoms with van der Waals surface area (Å²) in [6, 6.07) is 5.48. The van der Waals surface area contributed by atoms with Crippen LogP contribution in [0.1, 0.15) is 23.1 Å². The number of aryl methyl sites for hydroxylation is 1. The van der Waals surface area contributed by atoms with Gasteiger partial charge >= 0.3 is 5.97 Å². The number of nitrogens with one attached hydrogen (secondary N) is 1. The average molecular weight is 295 g/mol. The van der Waals surface area contributed by atoms with E-state index in [4.69, 9.17) is 11.3 Å². The second kappa shape index (κ2) is 5.33. The summed E-state index contributed by atoms with van der Waals surface area (Å²) in [6.07, 6.45) is 1.66. The summed E-state index contributed by atoms with van der Waals surface area (Å²) in [4.78, 5) is 19.7. The van der Waals surface area contributed by atoms with Gasteiger partial charge in [-0.05, 0) is 32.0 Å². The maximum atomic E-state index is 11.8. The molecule has 22 heavy (non-hydrogen) atoms. The molecule has 7 nitrogen and oxygen atoms in total. The molecule has 2 heterocycles. The van der Waals surface area contributed by atoms with Gasteiger partial charge in [0.15, 0.2) is 5.69 Å². The number of esters is 1. The largest absolute Gasteiger partial charge is 0.461 e. The van der Waals surface area contributed by atoms with E-state index < -0.39 is 5.97 Å². The van der Waals surface area contributed by atoms with Gasteiger partial charge in [-0.2, -0.15) is 9.90 Å². The molecule has 1 N–H and O–H groups in total. The van der Waals surface area contributed by atoms with Crippen LogP contribution >= 0.6 is 0 Å². The molecule has 110 valence electrons. The van der Waals surface area contributed by atoms with Crippen molar-refractivity contribution in [1.82, 2.24) is 20.0 Å². The van der Waals surface area contributed by atoms with Crippen molar-refractivity contribution in [3.63, 3.8) is 0 Å². The highest BCUT2D eigenvalue weighted by Gasteiger charge is 2.17. The molecule has 0 radical (unpaired) electrons. The summed E-state index contributed by atoms with van der Waals surface area (Å²) in [7, 11) is 0. The number of hydrogen-bond donors (Lipinski definition) is 1. The average Bonchev–Trinajstić information content (AvgIpc) is 3.10.